The van der Waals surface area contributed by atoms with Crippen LogP contribution in [0.4, 0.5) is 4.79 Å². The summed E-state index contributed by atoms with van der Waals surface area (Å²) in [6.45, 7) is 7.81. The number of carbonyl (C=O) groups is 1. The maximum atomic E-state index is 12.3. The SMILES string of the molecule is Cc1c(-c2ccc3c(c2)COC2(CCN(C(=O)NC(C)C)CC2)O3)ccc2cccnc12. The minimum absolute atomic E-state index is 0.0176. The van der Waals surface area contributed by atoms with Gasteiger partial charge in [-0.2, -0.15) is 0 Å². The lowest BCUT2D eigenvalue weighted by Gasteiger charge is -2.44. The van der Waals surface area contributed by atoms with Crippen LogP contribution in [0.2, 0.25) is 0 Å². The fourth-order valence-corrected chi connectivity index (χ4v) is 4.64. The molecule has 0 atom stereocenters. The number of rotatable bonds is 2. The average Bonchev–Trinajstić information content (AvgIpc) is 2.79. The average molecular weight is 432 g/mol. The Morgan fingerprint density at radius 3 is 2.75 bits per heavy atom. The zero-order valence-corrected chi connectivity index (χ0v) is 18.9. The Kier molecular flexibility index (Phi) is 5.25. The molecule has 2 aromatic carbocycles. The number of benzene rings is 2. The van der Waals surface area contributed by atoms with Crippen LogP contribution < -0.4 is 10.1 Å². The Bertz CT molecular complexity index is 1170. The number of pyridine rings is 1. The van der Waals surface area contributed by atoms with Crippen molar-refractivity contribution >= 4 is 16.9 Å². The molecule has 3 heterocycles. The van der Waals surface area contributed by atoms with Gasteiger partial charge in [0.05, 0.1) is 12.1 Å². The Morgan fingerprint density at radius 2 is 1.97 bits per heavy atom. The number of carbonyl (C=O) groups excluding carboxylic acids is 1. The topological polar surface area (TPSA) is 63.7 Å². The molecule has 1 aromatic heterocycles. The third-order valence-electron chi connectivity index (χ3n) is 6.41. The Labute approximate surface area is 188 Å². The van der Waals surface area contributed by atoms with E-state index in [4.69, 9.17) is 9.47 Å². The van der Waals surface area contributed by atoms with Crippen molar-refractivity contribution in [3.8, 4) is 16.9 Å². The van der Waals surface area contributed by atoms with Gasteiger partial charge in [0.15, 0.2) is 0 Å². The van der Waals surface area contributed by atoms with Gasteiger partial charge in [0.25, 0.3) is 0 Å². The normalized spacial score (nSPS) is 17.3. The van der Waals surface area contributed by atoms with E-state index >= 15 is 0 Å². The number of nitrogens with one attached hydrogen (secondary N) is 1. The summed E-state index contributed by atoms with van der Waals surface area (Å²) in [5, 5.41) is 4.10. The molecule has 166 valence electrons. The van der Waals surface area contributed by atoms with Gasteiger partial charge in [-0.15, -0.1) is 0 Å². The van der Waals surface area contributed by atoms with E-state index in [1.165, 1.54) is 11.1 Å². The Balaban J connectivity index is 1.34. The summed E-state index contributed by atoms with van der Waals surface area (Å²) in [7, 11) is 0. The van der Waals surface area contributed by atoms with E-state index < -0.39 is 5.79 Å². The van der Waals surface area contributed by atoms with Crippen LogP contribution in [0.15, 0.2) is 48.7 Å². The predicted octanol–water partition coefficient (Wildman–Crippen LogP) is 5.03. The van der Waals surface area contributed by atoms with E-state index in [2.05, 4.69) is 53.6 Å². The lowest BCUT2D eigenvalue weighted by Crippen LogP contribution is -2.54. The fourth-order valence-electron chi connectivity index (χ4n) is 4.64. The third kappa shape index (κ3) is 3.79. The fraction of sp³-hybridized carbons (Fsp3) is 0.385. The smallest absolute Gasteiger partial charge is 0.317 e. The maximum absolute atomic E-state index is 12.3. The molecule has 2 aliphatic rings. The molecule has 0 unspecified atom stereocenters. The second-order valence-electron chi connectivity index (χ2n) is 9.03. The molecule has 32 heavy (non-hydrogen) atoms. The van der Waals surface area contributed by atoms with E-state index in [0.717, 1.165) is 27.8 Å². The number of urea groups is 1. The van der Waals surface area contributed by atoms with Gasteiger partial charge in [-0.25, -0.2) is 4.79 Å². The molecule has 1 saturated heterocycles. The molecular formula is C26H29N3O3. The molecule has 2 aliphatic heterocycles. The highest BCUT2D eigenvalue weighted by molar-refractivity contribution is 5.88. The first-order valence-electron chi connectivity index (χ1n) is 11.3. The number of aryl methyl sites for hydroxylation is 1. The molecule has 0 saturated carbocycles. The van der Waals surface area contributed by atoms with Crippen LogP contribution in [-0.2, 0) is 11.3 Å². The van der Waals surface area contributed by atoms with Crippen LogP contribution in [0.5, 0.6) is 5.75 Å². The highest BCUT2D eigenvalue weighted by atomic mass is 16.7. The first-order chi connectivity index (χ1) is 15.4. The molecular weight excluding hydrogens is 402 g/mol. The van der Waals surface area contributed by atoms with Gasteiger partial charge in [-0.3, -0.25) is 4.98 Å². The van der Waals surface area contributed by atoms with E-state index in [1.54, 1.807) is 0 Å². The van der Waals surface area contributed by atoms with E-state index in [9.17, 15) is 4.79 Å². The van der Waals surface area contributed by atoms with Crippen LogP contribution >= 0.6 is 0 Å². The minimum Gasteiger partial charge on any atom is -0.462 e. The molecule has 3 aromatic rings. The van der Waals surface area contributed by atoms with Crippen LogP contribution in [0.1, 0.15) is 37.8 Å². The zero-order valence-electron chi connectivity index (χ0n) is 18.9. The molecule has 2 amide bonds. The second-order valence-corrected chi connectivity index (χ2v) is 9.03. The first-order valence-corrected chi connectivity index (χ1v) is 11.3. The minimum atomic E-state index is -0.647. The summed E-state index contributed by atoms with van der Waals surface area (Å²) < 4.78 is 12.6. The zero-order chi connectivity index (χ0) is 22.3. The van der Waals surface area contributed by atoms with Crippen LogP contribution in [0.25, 0.3) is 22.0 Å². The summed E-state index contributed by atoms with van der Waals surface area (Å²) in [6.07, 6.45) is 3.16. The predicted molar refractivity (Wildman–Crippen MR) is 125 cm³/mol. The van der Waals surface area contributed by atoms with Crippen molar-refractivity contribution in [1.82, 2.24) is 15.2 Å². The van der Waals surface area contributed by atoms with Gasteiger partial charge in [-0.1, -0.05) is 24.3 Å². The summed E-state index contributed by atoms with van der Waals surface area (Å²) in [6, 6.07) is 14.8. The molecule has 0 bridgehead atoms. The van der Waals surface area contributed by atoms with Crippen LogP contribution in [-0.4, -0.2) is 40.8 Å². The maximum Gasteiger partial charge on any atom is 0.317 e. The van der Waals surface area contributed by atoms with Crippen molar-refractivity contribution in [2.75, 3.05) is 13.1 Å². The standard InChI is InChI=1S/C26H29N3O3/c1-17(2)28-25(30)29-13-10-26(11-14-29)31-16-21-15-20(7-9-23(21)32-26)22-8-6-19-5-4-12-27-24(19)18(22)3/h4-9,12,15,17H,10-11,13-14,16H2,1-3H3,(H,28,30). The summed E-state index contributed by atoms with van der Waals surface area (Å²) in [4.78, 5) is 18.7. The van der Waals surface area contributed by atoms with Crippen molar-refractivity contribution in [2.24, 2.45) is 0 Å². The molecule has 1 N–H and O–H groups in total. The number of hydrogen-bond acceptors (Lipinski definition) is 4. The number of likely N-dealkylation sites (tertiary alicyclic amines) is 1. The number of aromatic nitrogens is 1. The molecule has 1 fully saturated rings. The number of piperidine rings is 1. The second kappa shape index (κ2) is 8.10. The van der Waals surface area contributed by atoms with Gasteiger partial charge in [0.2, 0.25) is 5.79 Å². The monoisotopic (exact) mass is 431 g/mol. The van der Waals surface area contributed by atoms with Crippen LogP contribution in [0.3, 0.4) is 0 Å². The van der Waals surface area contributed by atoms with Gasteiger partial charge >= 0.3 is 6.03 Å². The van der Waals surface area contributed by atoms with Gasteiger partial charge < -0.3 is 19.7 Å². The summed E-state index contributed by atoms with van der Waals surface area (Å²) >= 11 is 0. The van der Waals surface area contributed by atoms with E-state index in [-0.39, 0.29) is 12.1 Å². The lowest BCUT2D eigenvalue weighted by molar-refractivity contribution is -0.225. The molecule has 5 rings (SSSR count). The van der Waals surface area contributed by atoms with Gasteiger partial charge in [0.1, 0.15) is 5.75 Å². The highest BCUT2D eigenvalue weighted by Gasteiger charge is 2.42. The first kappa shape index (κ1) is 20.8. The molecule has 0 aliphatic carbocycles. The van der Waals surface area contributed by atoms with E-state index in [0.29, 0.717) is 32.5 Å². The highest BCUT2D eigenvalue weighted by Crippen LogP contribution is 2.40. The van der Waals surface area contributed by atoms with Crippen molar-refractivity contribution in [3.05, 3.63) is 59.8 Å². The van der Waals surface area contributed by atoms with E-state index in [1.807, 2.05) is 31.0 Å². The molecule has 1 spiro atoms. The lowest BCUT2D eigenvalue weighted by atomic mass is 9.95. The molecule has 0 radical (unpaired) electrons. The number of fused-ring (bicyclic) bond motifs is 2. The quantitative estimate of drug-likeness (QED) is 0.618. The largest absolute Gasteiger partial charge is 0.462 e. The van der Waals surface area contributed by atoms with Crippen molar-refractivity contribution in [2.45, 2.75) is 52.0 Å². The Morgan fingerprint density at radius 1 is 1.16 bits per heavy atom. The number of amides is 2. The Hall–Kier alpha value is -3.12. The molecule has 6 nitrogen and oxygen atoms in total. The number of hydrogen-bond donors (Lipinski definition) is 1. The number of ether oxygens (including phenoxy) is 2. The number of nitrogens with zero attached hydrogens (tertiary/aromatic N) is 2. The van der Waals surface area contributed by atoms with Gasteiger partial charge in [-0.05, 0) is 55.7 Å². The summed E-state index contributed by atoms with van der Waals surface area (Å²) in [5.74, 6) is 0.225. The van der Waals surface area contributed by atoms with Crippen molar-refractivity contribution < 1.29 is 14.3 Å². The van der Waals surface area contributed by atoms with Crippen LogP contribution in [0, 0.1) is 6.92 Å². The third-order valence-corrected chi connectivity index (χ3v) is 6.41. The van der Waals surface area contributed by atoms with Crippen molar-refractivity contribution in [1.29, 1.82) is 0 Å². The summed E-state index contributed by atoms with van der Waals surface area (Å²) in [5.41, 5.74) is 5.56. The van der Waals surface area contributed by atoms with Gasteiger partial charge in [0, 0.05) is 49.1 Å². The molecule has 6 heteroatoms. The van der Waals surface area contributed by atoms with Crippen molar-refractivity contribution in [3.63, 3.8) is 0 Å².